The van der Waals surface area contributed by atoms with Crippen LogP contribution in [0.2, 0.25) is 0 Å². The summed E-state index contributed by atoms with van der Waals surface area (Å²) < 4.78 is 0. The molecule has 0 spiro atoms. The van der Waals surface area contributed by atoms with Crippen LogP contribution in [-0.4, -0.2) is 12.1 Å². The Morgan fingerprint density at radius 3 is 2.29 bits per heavy atom. The number of hydrogen-bond donors (Lipinski definition) is 1. The third kappa shape index (κ3) is 4.24. The lowest BCUT2D eigenvalue weighted by atomic mass is 9.87. The maximum Gasteiger partial charge on any atom is 0.0741 e. The summed E-state index contributed by atoms with van der Waals surface area (Å²) >= 11 is 0. The van der Waals surface area contributed by atoms with Crippen LogP contribution in [0.1, 0.15) is 39.2 Å². The van der Waals surface area contributed by atoms with Crippen LogP contribution in [0.15, 0.2) is 30.3 Å². The van der Waals surface area contributed by atoms with E-state index in [9.17, 15) is 0 Å². The molecule has 0 amide bonds. The van der Waals surface area contributed by atoms with Crippen molar-refractivity contribution in [3.05, 3.63) is 35.9 Å². The van der Waals surface area contributed by atoms with Crippen molar-refractivity contribution in [2.75, 3.05) is 6.54 Å². The van der Waals surface area contributed by atoms with Gasteiger partial charge in [0.25, 0.3) is 0 Å². The van der Waals surface area contributed by atoms with E-state index in [1.807, 2.05) is 13.8 Å². The third-order valence-corrected chi connectivity index (χ3v) is 3.16. The maximum atomic E-state index is 5.49. The Morgan fingerprint density at radius 2 is 1.82 bits per heavy atom. The van der Waals surface area contributed by atoms with E-state index in [-0.39, 0.29) is 5.54 Å². The Balaban J connectivity index is 2.73. The Hall–Kier alpha value is -1.26. The number of benzene rings is 1. The van der Waals surface area contributed by atoms with Gasteiger partial charge in [-0.15, -0.1) is 6.42 Å². The standard InChI is InChI=1S/C16H23N/c1-6-16(4,5)17-12-15(13(2)3)14-10-8-7-9-11-14/h1,7-11,13,15,17H,12H2,2-5H3. The van der Waals surface area contributed by atoms with Crippen molar-refractivity contribution in [3.63, 3.8) is 0 Å². The van der Waals surface area contributed by atoms with E-state index >= 15 is 0 Å². The number of hydrogen-bond acceptors (Lipinski definition) is 1. The van der Waals surface area contributed by atoms with E-state index in [4.69, 9.17) is 6.42 Å². The second kappa shape index (κ2) is 5.89. The van der Waals surface area contributed by atoms with Crippen molar-refractivity contribution in [3.8, 4) is 12.3 Å². The smallest absolute Gasteiger partial charge is 0.0741 e. The zero-order valence-electron chi connectivity index (χ0n) is 11.3. The quantitative estimate of drug-likeness (QED) is 0.763. The van der Waals surface area contributed by atoms with Crippen LogP contribution in [0.4, 0.5) is 0 Å². The van der Waals surface area contributed by atoms with Gasteiger partial charge in [-0.2, -0.15) is 0 Å². The molecule has 0 saturated heterocycles. The molecule has 0 saturated carbocycles. The van der Waals surface area contributed by atoms with Gasteiger partial charge in [0.2, 0.25) is 0 Å². The lowest BCUT2D eigenvalue weighted by molar-refractivity contribution is 0.406. The molecule has 1 heteroatoms. The fourth-order valence-corrected chi connectivity index (χ4v) is 1.85. The molecule has 17 heavy (non-hydrogen) atoms. The molecule has 1 rings (SSSR count). The summed E-state index contributed by atoms with van der Waals surface area (Å²) in [7, 11) is 0. The fourth-order valence-electron chi connectivity index (χ4n) is 1.85. The minimum absolute atomic E-state index is 0.234. The molecule has 1 nitrogen and oxygen atoms in total. The lowest BCUT2D eigenvalue weighted by Crippen LogP contribution is -2.41. The molecule has 0 aliphatic carbocycles. The summed E-state index contributed by atoms with van der Waals surface area (Å²) in [6, 6.07) is 10.6. The molecule has 1 N–H and O–H groups in total. The predicted molar refractivity (Wildman–Crippen MR) is 74.9 cm³/mol. The average Bonchev–Trinajstić information content (AvgIpc) is 2.30. The number of nitrogens with one attached hydrogen (secondary N) is 1. The molecular weight excluding hydrogens is 206 g/mol. The monoisotopic (exact) mass is 229 g/mol. The van der Waals surface area contributed by atoms with Crippen LogP contribution in [0.25, 0.3) is 0 Å². The summed E-state index contributed by atoms with van der Waals surface area (Å²) in [6.07, 6.45) is 5.49. The van der Waals surface area contributed by atoms with Crippen molar-refractivity contribution >= 4 is 0 Å². The molecule has 0 aromatic heterocycles. The van der Waals surface area contributed by atoms with Gasteiger partial charge in [-0.1, -0.05) is 50.1 Å². The molecule has 1 unspecified atom stereocenters. The zero-order valence-corrected chi connectivity index (χ0v) is 11.3. The van der Waals surface area contributed by atoms with Gasteiger partial charge >= 0.3 is 0 Å². The molecule has 0 bridgehead atoms. The minimum atomic E-state index is -0.234. The van der Waals surface area contributed by atoms with Gasteiger partial charge in [-0.25, -0.2) is 0 Å². The van der Waals surface area contributed by atoms with Gasteiger partial charge in [0.05, 0.1) is 5.54 Å². The summed E-state index contributed by atoms with van der Waals surface area (Å²) in [4.78, 5) is 0. The highest BCUT2D eigenvalue weighted by atomic mass is 14.9. The number of rotatable bonds is 5. The minimum Gasteiger partial charge on any atom is -0.301 e. The average molecular weight is 229 g/mol. The first-order chi connectivity index (χ1) is 7.96. The molecular formula is C16H23N. The van der Waals surface area contributed by atoms with E-state index in [0.29, 0.717) is 11.8 Å². The van der Waals surface area contributed by atoms with Crippen molar-refractivity contribution < 1.29 is 0 Å². The van der Waals surface area contributed by atoms with E-state index < -0.39 is 0 Å². The molecule has 1 atom stereocenters. The first-order valence-electron chi connectivity index (χ1n) is 6.24. The van der Waals surface area contributed by atoms with Crippen molar-refractivity contribution in [2.24, 2.45) is 5.92 Å². The largest absolute Gasteiger partial charge is 0.301 e. The molecule has 1 aromatic rings. The second-order valence-electron chi connectivity index (χ2n) is 5.41. The van der Waals surface area contributed by atoms with Gasteiger partial charge in [-0.3, -0.25) is 0 Å². The third-order valence-electron chi connectivity index (χ3n) is 3.16. The van der Waals surface area contributed by atoms with Gasteiger partial charge in [0.15, 0.2) is 0 Å². The van der Waals surface area contributed by atoms with E-state index in [1.54, 1.807) is 0 Å². The molecule has 92 valence electrons. The topological polar surface area (TPSA) is 12.0 Å². The highest BCUT2D eigenvalue weighted by Gasteiger charge is 2.19. The van der Waals surface area contributed by atoms with Gasteiger partial charge < -0.3 is 5.32 Å². The van der Waals surface area contributed by atoms with Gasteiger partial charge in [0.1, 0.15) is 0 Å². The van der Waals surface area contributed by atoms with Crippen molar-refractivity contribution in [1.82, 2.24) is 5.32 Å². The molecule has 0 radical (unpaired) electrons. The predicted octanol–water partition coefficient (Wildman–Crippen LogP) is 3.43. The Labute approximate surface area is 106 Å². The van der Waals surface area contributed by atoms with E-state index in [2.05, 4.69) is 55.4 Å². The van der Waals surface area contributed by atoms with Crippen LogP contribution in [0.3, 0.4) is 0 Å². The Morgan fingerprint density at radius 1 is 1.24 bits per heavy atom. The van der Waals surface area contributed by atoms with Crippen LogP contribution in [0.5, 0.6) is 0 Å². The number of terminal acetylenes is 1. The van der Waals surface area contributed by atoms with Crippen LogP contribution >= 0.6 is 0 Å². The van der Waals surface area contributed by atoms with Crippen molar-refractivity contribution in [1.29, 1.82) is 0 Å². The molecule has 0 heterocycles. The highest BCUT2D eigenvalue weighted by molar-refractivity contribution is 5.21. The maximum absolute atomic E-state index is 5.49. The van der Waals surface area contributed by atoms with Crippen LogP contribution in [0, 0.1) is 18.3 Å². The fraction of sp³-hybridized carbons (Fsp3) is 0.500. The zero-order chi connectivity index (χ0) is 12.9. The molecule has 0 fully saturated rings. The SMILES string of the molecule is C#CC(C)(C)NCC(c1ccccc1)C(C)C. The summed E-state index contributed by atoms with van der Waals surface area (Å²) in [5, 5.41) is 3.45. The van der Waals surface area contributed by atoms with Gasteiger partial charge in [0, 0.05) is 6.54 Å². The first-order valence-corrected chi connectivity index (χ1v) is 6.24. The van der Waals surface area contributed by atoms with Gasteiger partial charge in [-0.05, 0) is 31.2 Å². The van der Waals surface area contributed by atoms with Crippen molar-refractivity contribution in [2.45, 2.75) is 39.2 Å². The second-order valence-corrected chi connectivity index (χ2v) is 5.41. The Kier molecular flexibility index (Phi) is 4.78. The molecule has 1 aromatic carbocycles. The van der Waals surface area contributed by atoms with E-state index in [1.165, 1.54) is 5.56 Å². The van der Waals surface area contributed by atoms with Crippen LogP contribution in [-0.2, 0) is 0 Å². The summed E-state index contributed by atoms with van der Waals surface area (Å²) in [6.45, 7) is 9.49. The summed E-state index contributed by atoms with van der Waals surface area (Å²) in [5.41, 5.74) is 1.14. The lowest BCUT2D eigenvalue weighted by Gasteiger charge is -2.27. The van der Waals surface area contributed by atoms with E-state index in [0.717, 1.165) is 6.54 Å². The molecule has 0 aliphatic rings. The Bertz CT molecular complexity index is 370. The molecule has 0 aliphatic heterocycles. The summed E-state index contributed by atoms with van der Waals surface area (Å²) in [5.74, 6) is 3.88. The normalized spacial score (nSPS) is 13.4. The highest BCUT2D eigenvalue weighted by Crippen LogP contribution is 2.24. The first kappa shape index (κ1) is 13.8. The van der Waals surface area contributed by atoms with Crippen LogP contribution < -0.4 is 5.32 Å².